The fourth-order valence-corrected chi connectivity index (χ4v) is 4.24. The Morgan fingerprint density at radius 3 is 2.89 bits per heavy atom. The van der Waals surface area contributed by atoms with Crippen LogP contribution in [0.4, 0.5) is 0 Å². The smallest absolute Gasteiger partial charge is 0.250 e. The van der Waals surface area contributed by atoms with Crippen molar-refractivity contribution in [3.8, 4) is 22.1 Å². The summed E-state index contributed by atoms with van der Waals surface area (Å²) in [6.45, 7) is 0. The van der Waals surface area contributed by atoms with Crippen molar-refractivity contribution >= 4 is 51.2 Å². The predicted molar refractivity (Wildman–Crippen MR) is 114 cm³/mol. The first-order chi connectivity index (χ1) is 13.6. The number of aromatic hydroxyl groups is 1. The molecule has 1 aromatic heterocycles. The topological polar surface area (TPSA) is 96.7 Å². The van der Waals surface area contributed by atoms with Gasteiger partial charge in [0, 0.05) is 5.56 Å². The number of phenolic OH excluding ortho intramolecular Hbond substituents is 1. The lowest BCUT2D eigenvalue weighted by Crippen LogP contribution is -2.19. The van der Waals surface area contributed by atoms with Crippen LogP contribution in [-0.2, 0) is 4.79 Å². The molecule has 7 nitrogen and oxygen atoms in total. The fraction of sp³-hybridized carbons (Fsp3) is 0.111. The number of nitrogens with zero attached hydrogens (tertiary/aromatic N) is 3. The maximum Gasteiger partial charge on any atom is 0.250 e. The number of nitrogens with one attached hydrogen (secondary N) is 1. The zero-order chi connectivity index (χ0) is 19.9. The van der Waals surface area contributed by atoms with Crippen LogP contribution in [0.25, 0.3) is 10.6 Å². The molecule has 2 aromatic carbocycles. The Bertz CT molecular complexity index is 996. The Hall–Kier alpha value is -2.43. The van der Waals surface area contributed by atoms with E-state index in [0.717, 1.165) is 10.6 Å². The highest BCUT2D eigenvalue weighted by Crippen LogP contribution is 2.34. The van der Waals surface area contributed by atoms with Crippen molar-refractivity contribution in [2.45, 2.75) is 4.34 Å². The van der Waals surface area contributed by atoms with E-state index in [4.69, 9.17) is 4.74 Å². The van der Waals surface area contributed by atoms with Gasteiger partial charge in [-0.3, -0.25) is 4.79 Å². The second-order valence-corrected chi connectivity index (χ2v) is 8.43. The number of thioether (sulfide) groups is 1. The van der Waals surface area contributed by atoms with E-state index >= 15 is 0 Å². The number of phenols is 1. The van der Waals surface area contributed by atoms with Gasteiger partial charge in [-0.2, -0.15) is 5.10 Å². The molecule has 0 saturated heterocycles. The van der Waals surface area contributed by atoms with Crippen LogP contribution in [0.15, 0.2) is 56.4 Å². The summed E-state index contributed by atoms with van der Waals surface area (Å²) >= 11 is 5.97. The van der Waals surface area contributed by atoms with Crippen LogP contribution in [-0.4, -0.2) is 40.3 Å². The highest BCUT2D eigenvalue weighted by molar-refractivity contribution is 9.10. The maximum absolute atomic E-state index is 12.0. The number of aromatic nitrogens is 2. The lowest BCUT2D eigenvalue weighted by Gasteiger charge is -2.06. The third-order valence-corrected chi connectivity index (χ3v) is 6.14. The summed E-state index contributed by atoms with van der Waals surface area (Å²) in [7, 11) is 1.46. The maximum atomic E-state index is 12.0. The highest BCUT2D eigenvalue weighted by Gasteiger charge is 2.10. The average Bonchev–Trinajstić information content (AvgIpc) is 3.19. The van der Waals surface area contributed by atoms with Crippen LogP contribution in [0.1, 0.15) is 5.56 Å². The number of hydrogen-bond acceptors (Lipinski definition) is 8. The molecule has 10 heteroatoms. The second kappa shape index (κ2) is 9.67. The summed E-state index contributed by atoms with van der Waals surface area (Å²) in [4.78, 5) is 12.0. The van der Waals surface area contributed by atoms with Crippen LogP contribution >= 0.6 is 39.0 Å². The predicted octanol–water partition coefficient (Wildman–Crippen LogP) is 3.92. The van der Waals surface area contributed by atoms with E-state index in [0.29, 0.717) is 20.1 Å². The molecule has 2 N–H and O–H groups in total. The lowest BCUT2D eigenvalue weighted by molar-refractivity contribution is -0.118. The number of amides is 1. The van der Waals surface area contributed by atoms with Gasteiger partial charge in [-0.1, -0.05) is 53.4 Å². The first-order valence-electron chi connectivity index (χ1n) is 7.97. The average molecular weight is 479 g/mol. The van der Waals surface area contributed by atoms with Crippen molar-refractivity contribution in [1.29, 1.82) is 0 Å². The Kier molecular flexibility index (Phi) is 7.01. The Morgan fingerprint density at radius 1 is 1.36 bits per heavy atom. The molecule has 0 saturated carbocycles. The standard InChI is InChI=1S/C18H15BrN4O3S2/c1-26-14-8-11(7-13(19)16(14)25)9-20-21-15(24)10-27-18-23-22-17(28-18)12-5-3-2-4-6-12/h2-9,25H,10H2,1H3,(H,21,24). The summed E-state index contributed by atoms with van der Waals surface area (Å²) in [5.74, 6) is 0.223. The van der Waals surface area contributed by atoms with Crippen molar-refractivity contribution in [2.75, 3.05) is 12.9 Å². The summed E-state index contributed by atoms with van der Waals surface area (Å²) in [6, 6.07) is 13.0. The molecule has 0 aliphatic carbocycles. The van der Waals surface area contributed by atoms with Gasteiger partial charge in [0.2, 0.25) is 0 Å². The molecular weight excluding hydrogens is 464 g/mol. The number of rotatable bonds is 7. The van der Waals surface area contributed by atoms with Gasteiger partial charge in [0.05, 0.1) is 23.5 Å². The SMILES string of the molecule is COc1cc(C=NNC(=O)CSc2nnc(-c3ccccc3)s2)cc(Br)c1O. The summed E-state index contributed by atoms with van der Waals surface area (Å²) in [5.41, 5.74) is 4.11. The van der Waals surface area contributed by atoms with Gasteiger partial charge < -0.3 is 9.84 Å². The van der Waals surface area contributed by atoms with E-state index in [1.807, 2.05) is 30.3 Å². The molecule has 0 bridgehead atoms. The van der Waals surface area contributed by atoms with Gasteiger partial charge in [0.15, 0.2) is 15.8 Å². The minimum absolute atomic E-state index is 0.00650. The Balaban J connectivity index is 1.52. The first-order valence-corrected chi connectivity index (χ1v) is 10.6. The van der Waals surface area contributed by atoms with Crippen molar-refractivity contribution in [2.24, 2.45) is 5.10 Å². The number of benzene rings is 2. The minimum atomic E-state index is -0.262. The van der Waals surface area contributed by atoms with Gasteiger partial charge >= 0.3 is 0 Å². The zero-order valence-corrected chi connectivity index (χ0v) is 17.8. The zero-order valence-electron chi connectivity index (χ0n) is 14.6. The Morgan fingerprint density at radius 2 is 2.14 bits per heavy atom. The van der Waals surface area contributed by atoms with Crippen molar-refractivity contribution in [3.05, 3.63) is 52.5 Å². The molecule has 1 amide bonds. The van der Waals surface area contributed by atoms with Crippen LogP contribution < -0.4 is 10.2 Å². The first kappa shape index (κ1) is 20.3. The fourth-order valence-electron chi connectivity index (χ4n) is 2.13. The summed E-state index contributed by atoms with van der Waals surface area (Å²) in [6.07, 6.45) is 1.47. The van der Waals surface area contributed by atoms with Crippen LogP contribution in [0.5, 0.6) is 11.5 Å². The van der Waals surface area contributed by atoms with Gasteiger partial charge in [0.1, 0.15) is 5.01 Å². The molecule has 0 spiro atoms. The van der Waals surface area contributed by atoms with Gasteiger partial charge in [-0.25, -0.2) is 5.43 Å². The molecule has 0 aliphatic rings. The Labute approximate surface area is 178 Å². The molecular formula is C18H15BrN4O3S2. The number of hydrogen-bond donors (Lipinski definition) is 2. The highest BCUT2D eigenvalue weighted by atomic mass is 79.9. The molecule has 3 rings (SSSR count). The van der Waals surface area contributed by atoms with E-state index in [9.17, 15) is 9.90 Å². The number of methoxy groups -OCH3 is 1. The third-order valence-electron chi connectivity index (χ3n) is 3.43. The molecule has 0 aliphatic heterocycles. The number of carbonyl (C=O) groups is 1. The summed E-state index contributed by atoms with van der Waals surface area (Å²) in [5, 5.41) is 22.8. The molecule has 0 atom stereocenters. The quantitative estimate of drug-likeness (QED) is 0.303. The lowest BCUT2D eigenvalue weighted by atomic mass is 10.2. The van der Waals surface area contributed by atoms with E-state index in [1.165, 1.54) is 36.4 Å². The molecule has 3 aromatic rings. The molecule has 0 unspecified atom stereocenters. The van der Waals surface area contributed by atoms with Gasteiger partial charge in [0.25, 0.3) is 5.91 Å². The van der Waals surface area contributed by atoms with Crippen LogP contribution in [0.2, 0.25) is 0 Å². The molecule has 0 fully saturated rings. The monoisotopic (exact) mass is 478 g/mol. The van der Waals surface area contributed by atoms with Crippen molar-refractivity contribution in [1.82, 2.24) is 15.6 Å². The van der Waals surface area contributed by atoms with Gasteiger partial charge in [-0.15, -0.1) is 10.2 Å². The van der Waals surface area contributed by atoms with E-state index < -0.39 is 0 Å². The number of carbonyl (C=O) groups excluding carboxylic acids is 1. The number of ether oxygens (including phenoxy) is 1. The molecule has 144 valence electrons. The molecule has 1 heterocycles. The normalized spacial score (nSPS) is 10.9. The largest absolute Gasteiger partial charge is 0.503 e. The van der Waals surface area contributed by atoms with Crippen molar-refractivity contribution in [3.63, 3.8) is 0 Å². The number of hydrazone groups is 1. The molecule has 28 heavy (non-hydrogen) atoms. The minimum Gasteiger partial charge on any atom is -0.503 e. The van der Waals surface area contributed by atoms with Crippen LogP contribution in [0.3, 0.4) is 0 Å². The van der Waals surface area contributed by atoms with Gasteiger partial charge in [-0.05, 0) is 33.6 Å². The van der Waals surface area contributed by atoms with E-state index in [1.54, 1.807) is 12.1 Å². The summed E-state index contributed by atoms with van der Waals surface area (Å²) < 4.78 is 6.26. The van der Waals surface area contributed by atoms with E-state index in [-0.39, 0.29) is 17.4 Å². The van der Waals surface area contributed by atoms with Crippen LogP contribution in [0, 0.1) is 0 Å². The second-order valence-electron chi connectivity index (χ2n) is 5.37. The van der Waals surface area contributed by atoms with Crippen molar-refractivity contribution < 1.29 is 14.6 Å². The molecule has 0 radical (unpaired) electrons. The van der Waals surface area contributed by atoms with E-state index in [2.05, 4.69) is 36.7 Å². The third kappa shape index (κ3) is 5.31. The number of halogens is 1.